The van der Waals surface area contributed by atoms with E-state index in [0.29, 0.717) is 30.3 Å². The number of ether oxygens (including phenoxy) is 2. The summed E-state index contributed by atoms with van der Waals surface area (Å²) < 4.78 is 10.5. The Morgan fingerprint density at radius 1 is 1.50 bits per heavy atom. The molecule has 0 saturated heterocycles. The number of amides is 1. The molecule has 6 heteroatoms. The van der Waals surface area contributed by atoms with Gasteiger partial charge in [0.05, 0.1) is 11.6 Å². The lowest BCUT2D eigenvalue weighted by atomic mass is 10.2. The number of nitrogens with two attached hydrogens (primary N) is 1. The van der Waals surface area contributed by atoms with Gasteiger partial charge < -0.3 is 20.5 Å². The molecular formula is C14H21ClN2O3. The summed E-state index contributed by atoms with van der Waals surface area (Å²) in [7, 11) is 1.66. The molecule has 0 saturated carbocycles. The van der Waals surface area contributed by atoms with E-state index in [2.05, 4.69) is 5.32 Å². The minimum absolute atomic E-state index is 0.468. The van der Waals surface area contributed by atoms with Crippen LogP contribution in [0.4, 0.5) is 0 Å². The van der Waals surface area contributed by atoms with Crippen LogP contribution in [0.2, 0.25) is 5.02 Å². The van der Waals surface area contributed by atoms with Crippen molar-refractivity contribution >= 4 is 17.5 Å². The SMILES string of the molecule is CCC(Oc1ccc(CNCCOC)cc1Cl)C(N)=O. The molecule has 20 heavy (non-hydrogen) atoms. The number of primary amides is 1. The summed E-state index contributed by atoms with van der Waals surface area (Å²) in [5.41, 5.74) is 6.27. The fourth-order valence-electron chi connectivity index (χ4n) is 1.65. The molecule has 0 fully saturated rings. The number of halogens is 1. The van der Waals surface area contributed by atoms with Gasteiger partial charge >= 0.3 is 0 Å². The normalized spacial score (nSPS) is 12.2. The van der Waals surface area contributed by atoms with E-state index < -0.39 is 12.0 Å². The van der Waals surface area contributed by atoms with Crippen LogP contribution in [0.15, 0.2) is 18.2 Å². The molecule has 1 aromatic carbocycles. The highest BCUT2D eigenvalue weighted by molar-refractivity contribution is 6.32. The van der Waals surface area contributed by atoms with E-state index in [1.165, 1.54) is 0 Å². The van der Waals surface area contributed by atoms with Crippen LogP contribution in [0.3, 0.4) is 0 Å². The number of carbonyl (C=O) groups is 1. The number of benzene rings is 1. The van der Waals surface area contributed by atoms with Crippen molar-refractivity contribution in [1.29, 1.82) is 0 Å². The lowest BCUT2D eigenvalue weighted by molar-refractivity contribution is -0.124. The first-order valence-corrected chi connectivity index (χ1v) is 6.90. The molecule has 1 unspecified atom stereocenters. The van der Waals surface area contributed by atoms with Crippen molar-refractivity contribution < 1.29 is 14.3 Å². The Labute approximate surface area is 124 Å². The molecule has 1 atom stereocenters. The number of methoxy groups -OCH3 is 1. The number of rotatable bonds is 9. The molecule has 112 valence electrons. The third-order valence-corrected chi connectivity index (χ3v) is 3.06. The Bertz CT molecular complexity index is 440. The van der Waals surface area contributed by atoms with Crippen LogP contribution in [0.25, 0.3) is 0 Å². The Morgan fingerprint density at radius 3 is 2.80 bits per heavy atom. The average Bonchev–Trinajstić information content (AvgIpc) is 2.42. The average molecular weight is 301 g/mol. The first-order chi connectivity index (χ1) is 9.58. The maximum Gasteiger partial charge on any atom is 0.258 e. The second-order valence-corrected chi connectivity index (χ2v) is 4.76. The highest BCUT2D eigenvalue weighted by Gasteiger charge is 2.16. The van der Waals surface area contributed by atoms with Crippen molar-refractivity contribution in [2.24, 2.45) is 5.73 Å². The molecule has 0 aliphatic carbocycles. The molecule has 0 aromatic heterocycles. The van der Waals surface area contributed by atoms with Crippen LogP contribution in [0.1, 0.15) is 18.9 Å². The van der Waals surface area contributed by atoms with Crippen LogP contribution in [-0.4, -0.2) is 32.3 Å². The maximum absolute atomic E-state index is 11.1. The van der Waals surface area contributed by atoms with E-state index in [0.717, 1.165) is 12.1 Å². The Hall–Kier alpha value is -1.30. The number of hydrogen-bond acceptors (Lipinski definition) is 4. The van der Waals surface area contributed by atoms with Gasteiger partial charge in [0.2, 0.25) is 0 Å². The second kappa shape index (κ2) is 8.79. The van der Waals surface area contributed by atoms with Gasteiger partial charge in [0.1, 0.15) is 5.75 Å². The Kier molecular flexibility index (Phi) is 7.36. The zero-order valence-electron chi connectivity index (χ0n) is 11.8. The molecule has 0 spiro atoms. The van der Waals surface area contributed by atoms with Crippen LogP contribution >= 0.6 is 11.6 Å². The van der Waals surface area contributed by atoms with Crippen molar-refractivity contribution in [1.82, 2.24) is 5.32 Å². The monoisotopic (exact) mass is 300 g/mol. The summed E-state index contributed by atoms with van der Waals surface area (Å²) >= 11 is 6.15. The van der Waals surface area contributed by atoms with E-state index in [1.807, 2.05) is 19.1 Å². The van der Waals surface area contributed by atoms with Crippen LogP contribution < -0.4 is 15.8 Å². The molecule has 5 nitrogen and oxygen atoms in total. The van der Waals surface area contributed by atoms with Crippen molar-refractivity contribution in [3.05, 3.63) is 28.8 Å². The summed E-state index contributed by atoms with van der Waals surface area (Å²) in [6, 6.07) is 5.46. The highest BCUT2D eigenvalue weighted by Crippen LogP contribution is 2.26. The minimum atomic E-state index is -0.654. The molecule has 3 N–H and O–H groups in total. The molecule has 1 amide bonds. The van der Waals surface area contributed by atoms with Gasteiger partial charge in [-0.1, -0.05) is 24.6 Å². The van der Waals surface area contributed by atoms with Gasteiger partial charge in [-0.05, 0) is 24.1 Å². The number of carbonyl (C=O) groups excluding carboxylic acids is 1. The molecule has 1 aromatic rings. The predicted octanol–water partition coefficient (Wildman–Crippen LogP) is 1.72. The fraction of sp³-hybridized carbons (Fsp3) is 0.500. The van der Waals surface area contributed by atoms with E-state index in [-0.39, 0.29) is 0 Å². The zero-order valence-corrected chi connectivity index (χ0v) is 12.6. The maximum atomic E-state index is 11.1. The molecule has 0 aliphatic rings. The van der Waals surface area contributed by atoms with Crippen molar-refractivity contribution in [3.8, 4) is 5.75 Å². The van der Waals surface area contributed by atoms with Crippen LogP contribution in [-0.2, 0) is 16.1 Å². The van der Waals surface area contributed by atoms with E-state index >= 15 is 0 Å². The lowest BCUT2D eigenvalue weighted by Gasteiger charge is -2.15. The third kappa shape index (κ3) is 5.36. The molecule has 0 bridgehead atoms. The quantitative estimate of drug-likeness (QED) is 0.681. The molecule has 1 rings (SSSR count). The summed E-state index contributed by atoms with van der Waals surface area (Å²) in [5, 5.41) is 3.69. The Balaban J connectivity index is 2.61. The third-order valence-electron chi connectivity index (χ3n) is 2.77. The molecule has 0 heterocycles. The van der Waals surface area contributed by atoms with Gasteiger partial charge in [0, 0.05) is 20.2 Å². The van der Waals surface area contributed by atoms with Gasteiger partial charge in [-0.2, -0.15) is 0 Å². The first kappa shape index (κ1) is 16.8. The highest BCUT2D eigenvalue weighted by atomic mass is 35.5. The van der Waals surface area contributed by atoms with Crippen LogP contribution in [0.5, 0.6) is 5.75 Å². The van der Waals surface area contributed by atoms with Crippen molar-refractivity contribution in [2.75, 3.05) is 20.3 Å². The smallest absolute Gasteiger partial charge is 0.258 e. The lowest BCUT2D eigenvalue weighted by Crippen LogP contribution is -2.33. The van der Waals surface area contributed by atoms with Crippen LogP contribution in [0, 0.1) is 0 Å². The Morgan fingerprint density at radius 2 is 2.25 bits per heavy atom. The summed E-state index contributed by atoms with van der Waals surface area (Å²) in [6.07, 6.45) is -0.149. The standard InChI is InChI=1S/C14H21ClN2O3/c1-3-12(14(16)18)20-13-5-4-10(8-11(13)15)9-17-6-7-19-2/h4-5,8,12,17H,3,6-7,9H2,1-2H3,(H2,16,18). The number of hydrogen-bond donors (Lipinski definition) is 2. The first-order valence-electron chi connectivity index (χ1n) is 6.52. The second-order valence-electron chi connectivity index (χ2n) is 4.35. The van der Waals surface area contributed by atoms with E-state index in [1.54, 1.807) is 13.2 Å². The topological polar surface area (TPSA) is 73.6 Å². The summed E-state index contributed by atoms with van der Waals surface area (Å²) in [6.45, 7) is 3.95. The fourth-order valence-corrected chi connectivity index (χ4v) is 1.90. The van der Waals surface area contributed by atoms with Crippen molar-refractivity contribution in [2.45, 2.75) is 26.0 Å². The zero-order chi connectivity index (χ0) is 15.0. The van der Waals surface area contributed by atoms with Crippen molar-refractivity contribution in [3.63, 3.8) is 0 Å². The van der Waals surface area contributed by atoms with Gasteiger partial charge in [0.25, 0.3) is 5.91 Å². The minimum Gasteiger partial charge on any atom is -0.479 e. The molecule has 0 aliphatic heterocycles. The van der Waals surface area contributed by atoms with Gasteiger partial charge in [0.15, 0.2) is 6.10 Å². The molecular weight excluding hydrogens is 280 g/mol. The van der Waals surface area contributed by atoms with Gasteiger partial charge in [-0.25, -0.2) is 0 Å². The van der Waals surface area contributed by atoms with Gasteiger partial charge in [-0.3, -0.25) is 4.79 Å². The predicted molar refractivity (Wildman–Crippen MR) is 78.9 cm³/mol. The van der Waals surface area contributed by atoms with E-state index in [9.17, 15) is 4.79 Å². The van der Waals surface area contributed by atoms with Gasteiger partial charge in [-0.15, -0.1) is 0 Å². The molecule has 0 radical (unpaired) electrons. The van der Waals surface area contributed by atoms with E-state index in [4.69, 9.17) is 26.8 Å². The largest absolute Gasteiger partial charge is 0.479 e. The number of nitrogens with one attached hydrogen (secondary N) is 1. The summed E-state index contributed by atoms with van der Waals surface area (Å²) in [4.78, 5) is 11.1. The summed E-state index contributed by atoms with van der Waals surface area (Å²) in [5.74, 6) is -0.0215.